The molecule has 8 nitrogen and oxygen atoms in total. The maximum Gasteiger partial charge on any atom is 0.267 e. The number of nitrogens with zero attached hydrogens (tertiary/aromatic N) is 1. The number of nitrogens with one attached hydrogen (secondary N) is 2. The molecule has 0 saturated carbocycles. The van der Waals surface area contributed by atoms with Crippen molar-refractivity contribution < 1.29 is 19.5 Å². The van der Waals surface area contributed by atoms with E-state index in [4.69, 9.17) is 15.7 Å². The minimum atomic E-state index is -1.01. The maximum absolute atomic E-state index is 12.2. The minimum absolute atomic E-state index is 0.131. The second-order valence-corrected chi connectivity index (χ2v) is 7.55. The quantitative estimate of drug-likeness (QED) is 0.287. The molecule has 2 aromatic carbocycles. The molecule has 3 rings (SSSR count). The number of hydrogen-bond donors (Lipinski definition) is 4. The van der Waals surface area contributed by atoms with Crippen molar-refractivity contribution in [2.45, 2.75) is 12.6 Å². The van der Waals surface area contributed by atoms with Crippen LogP contribution in [0, 0.1) is 11.8 Å². The van der Waals surface area contributed by atoms with E-state index in [-0.39, 0.29) is 6.54 Å². The van der Waals surface area contributed by atoms with Crippen LogP contribution >= 0.6 is 0 Å². The summed E-state index contributed by atoms with van der Waals surface area (Å²) < 4.78 is 5.38. The van der Waals surface area contributed by atoms with Gasteiger partial charge in [-0.05, 0) is 47.5 Å². The van der Waals surface area contributed by atoms with E-state index in [9.17, 15) is 9.59 Å². The fourth-order valence-electron chi connectivity index (χ4n) is 3.27. The molecule has 33 heavy (non-hydrogen) atoms. The molecule has 0 aliphatic carbocycles. The molecule has 5 N–H and O–H groups in total. The van der Waals surface area contributed by atoms with E-state index in [0.717, 1.165) is 44.0 Å². The van der Waals surface area contributed by atoms with E-state index in [1.54, 1.807) is 30.3 Å². The maximum atomic E-state index is 12.2. The van der Waals surface area contributed by atoms with Crippen LogP contribution in [0.1, 0.15) is 27.0 Å². The highest BCUT2D eigenvalue weighted by atomic mass is 16.5. The zero-order valence-electron chi connectivity index (χ0n) is 18.3. The van der Waals surface area contributed by atoms with Crippen LogP contribution in [0.3, 0.4) is 0 Å². The molecule has 1 atom stereocenters. The summed E-state index contributed by atoms with van der Waals surface area (Å²) in [6, 6.07) is 14.1. The number of nitrogens with two attached hydrogens (primary N) is 1. The molecular formula is C25H28N4O4. The summed E-state index contributed by atoms with van der Waals surface area (Å²) in [6.45, 7) is 4.31. The van der Waals surface area contributed by atoms with E-state index >= 15 is 0 Å². The molecular weight excluding hydrogens is 420 g/mol. The molecule has 1 heterocycles. The van der Waals surface area contributed by atoms with Gasteiger partial charge in [0, 0.05) is 37.3 Å². The Hall–Kier alpha value is -3.48. The number of morpholine rings is 1. The van der Waals surface area contributed by atoms with Gasteiger partial charge >= 0.3 is 0 Å². The van der Waals surface area contributed by atoms with E-state index < -0.39 is 17.9 Å². The molecule has 1 aliphatic heterocycles. The topological polar surface area (TPSA) is 117 Å². The lowest BCUT2D eigenvalue weighted by Crippen LogP contribution is -2.50. The Bertz CT molecular complexity index is 1020. The highest BCUT2D eigenvalue weighted by Crippen LogP contribution is 2.09. The fraction of sp³-hybridized carbons (Fsp3) is 0.280. The average molecular weight is 449 g/mol. The Morgan fingerprint density at radius 1 is 1.12 bits per heavy atom. The number of carbonyl (C=O) groups is 2. The number of benzene rings is 2. The van der Waals surface area contributed by atoms with Crippen molar-refractivity contribution in [3.8, 4) is 11.8 Å². The Balaban J connectivity index is 1.51. The van der Waals surface area contributed by atoms with E-state index in [0.29, 0.717) is 5.56 Å². The lowest BCUT2D eigenvalue weighted by Gasteiger charge is -2.26. The van der Waals surface area contributed by atoms with Crippen LogP contribution in [0.15, 0.2) is 54.6 Å². The summed E-state index contributed by atoms with van der Waals surface area (Å²) in [5.74, 6) is 4.91. The predicted octanol–water partition coefficient (Wildman–Crippen LogP) is 1.15. The van der Waals surface area contributed by atoms with Gasteiger partial charge in [-0.1, -0.05) is 36.1 Å². The first kappa shape index (κ1) is 24.2. The Morgan fingerprint density at radius 3 is 2.45 bits per heavy atom. The summed E-state index contributed by atoms with van der Waals surface area (Å²) in [7, 11) is 0. The van der Waals surface area contributed by atoms with Gasteiger partial charge < -0.3 is 15.8 Å². The molecule has 0 radical (unpaired) electrons. The van der Waals surface area contributed by atoms with Gasteiger partial charge in [-0.3, -0.25) is 19.7 Å². The highest BCUT2D eigenvalue weighted by Gasteiger charge is 2.19. The molecule has 1 fully saturated rings. The molecule has 8 heteroatoms. The molecule has 2 aromatic rings. The lowest BCUT2D eigenvalue weighted by molar-refractivity contribution is -0.130. The first-order chi connectivity index (χ1) is 16.1. The van der Waals surface area contributed by atoms with Crippen LogP contribution in [-0.2, 0) is 16.1 Å². The average Bonchev–Trinajstić information content (AvgIpc) is 2.86. The van der Waals surface area contributed by atoms with Gasteiger partial charge in [-0.2, -0.15) is 0 Å². The molecule has 0 unspecified atom stereocenters. The van der Waals surface area contributed by atoms with Crippen LogP contribution in [0.2, 0.25) is 0 Å². The third-order valence-electron chi connectivity index (χ3n) is 5.18. The third-order valence-corrected chi connectivity index (χ3v) is 5.18. The first-order valence-corrected chi connectivity index (χ1v) is 10.7. The molecule has 172 valence electrons. The van der Waals surface area contributed by atoms with Gasteiger partial charge in [0.05, 0.1) is 13.2 Å². The van der Waals surface area contributed by atoms with E-state index in [1.807, 2.05) is 18.2 Å². The van der Waals surface area contributed by atoms with Crippen molar-refractivity contribution in [1.29, 1.82) is 0 Å². The molecule has 1 aliphatic rings. The summed E-state index contributed by atoms with van der Waals surface area (Å²) in [4.78, 5) is 26.0. The molecule has 2 amide bonds. The molecule has 1 saturated heterocycles. The Kier molecular flexibility index (Phi) is 9.18. The Morgan fingerprint density at radius 2 is 1.82 bits per heavy atom. The van der Waals surface area contributed by atoms with Gasteiger partial charge in [0.25, 0.3) is 11.8 Å². The van der Waals surface area contributed by atoms with Crippen molar-refractivity contribution >= 4 is 17.9 Å². The number of amides is 2. The fourth-order valence-corrected chi connectivity index (χ4v) is 3.27. The summed E-state index contributed by atoms with van der Waals surface area (Å²) >= 11 is 0. The second kappa shape index (κ2) is 12.5. The number of carbonyl (C=O) groups excluding carboxylic acids is 2. The number of rotatable bonds is 7. The standard InChI is InChI=1S/C25H28N4O4/c26-17-23(25(31)28-32)27-24(30)22-11-9-20(10-12-22)4-2-1-3-19-5-7-21(8-6-19)18-29-13-15-33-16-14-29/h2,4-12,23,32H,13-18,26H2,(H,27,30)(H,28,31)/b4-2-/t23-/m0/s1. The molecule has 0 aromatic heterocycles. The summed E-state index contributed by atoms with van der Waals surface area (Å²) in [5.41, 5.74) is 10.4. The largest absolute Gasteiger partial charge is 0.379 e. The number of allylic oxidation sites excluding steroid dienone is 1. The van der Waals surface area contributed by atoms with E-state index in [2.05, 4.69) is 34.2 Å². The Labute approximate surface area is 193 Å². The van der Waals surface area contributed by atoms with Crippen LogP contribution < -0.4 is 16.5 Å². The number of hydroxylamine groups is 1. The molecule has 0 spiro atoms. The SMILES string of the molecule is NC[C@H](NC(=O)c1ccc(/C=C\C#Cc2ccc(CN3CCOCC3)cc2)cc1)C(=O)NO. The van der Waals surface area contributed by atoms with Crippen LogP contribution in [0.5, 0.6) is 0 Å². The highest BCUT2D eigenvalue weighted by molar-refractivity contribution is 5.97. The first-order valence-electron chi connectivity index (χ1n) is 10.7. The number of hydrogen-bond acceptors (Lipinski definition) is 6. The monoisotopic (exact) mass is 448 g/mol. The molecule has 0 bridgehead atoms. The van der Waals surface area contributed by atoms with Crippen LogP contribution in [0.4, 0.5) is 0 Å². The van der Waals surface area contributed by atoms with Crippen molar-refractivity contribution in [2.75, 3.05) is 32.8 Å². The van der Waals surface area contributed by atoms with Crippen LogP contribution in [-0.4, -0.2) is 60.8 Å². The number of ether oxygens (including phenoxy) is 1. The van der Waals surface area contributed by atoms with Crippen molar-refractivity contribution in [3.05, 3.63) is 76.9 Å². The second-order valence-electron chi connectivity index (χ2n) is 7.55. The van der Waals surface area contributed by atoms with Crippen molar-refractivity contribution in [1.82, 2.24) is 15.7 Å². The zero-order chi connectivity index (χ0) is 23.5. The summed E-state index contributed by atoms with van der Waals surface area (Å²) in [6.07, 6.45) is 3.61. The normalized spacial score (nSPS) is 14.8. The smallest absolute Gasteiger partial charge is 0.267 e. The predicted molar refractivity (Wildman–Crippen MR) is 125 cm³/mol. The third kappa shape index (κ3) is 7.56. The van der Waals surface area contributed by atoms with Crippen molar-refractivity contribution in [3.63, 3.8) is 0 Å². The van der Waals surface area contributed by atoms with Gasteiger partial charge in [0.1, 0.15) is 6.04 Å². The van der Waals surface area contributed by atoms with Gasteiger partial charge in [0.15, 0.2) is 0 Å². The van der Waals surface area contributed by atoms with Gasteiger partial charge in [0.2, 0.25) is 0 Å². The van der Waals surface area contributed by atoms with Gasteiger partial charge in [-0.15, -0.1) is 0 Å². The summed E-state index contributed by atoms with van der Waals surface area (Å²) in [5, 5.41) is 11.1. The van der Waals surface area contributed by atoms with Crippen LogP contribution in [0.25, 0.3) is 6.08 Å². The zero-order valence-corrected chi connectivity index (χ0v) is 18.3. The van der Waals surface area contributed by atoms with Gasteiger partial charge in [-0.25, -0.2) is 5.48 Å². The van der Waals surface area contributed by atoms with E-state index in [1.165, 1.54) is 11.0 Å². The lowest BCUT2D eigenvalue weighted by atomic mass is 10.1. The minimum Gasteiger partial charge on any atom is -0.379 e. The van der Waals surface area contributed by atoms with Crippen molar-refractivity contribution in [2.24, 2.45) is 5.73 Å².